The molecule has 1 saturated carbocycles. The lowest BCUT2D eigenvalue weighted by Gasteiger charge is -2.11. The fourth-order valence-electron chi connectivity index (χ4n) is 2.97. The number of nitrogens with zero attached hydrogens (tertiary/aromatic N) is 2. The van der Waals surface area contributed by atoms with Crippen molar-refractivity contribution in [2.75, 3.05) is 6.61 Å². The summed E-state index contributed by atoms with van der Waals surface area (Å²) in [5.74, 6) is 0.599. The van der Waals surface area contributed by atoms with Crippen molar-refractivity contribution in [3.63, 3.8) is 0 Å². The third-order valence-electron chi connectivity index (χ3n) is 4.52. The van der Waals surface area contributed by atoms with Gasteiger partial charge in [-0.25, -0.2) is 23.1 Å². The van der Waals surface area contributed by atoms with Gasteiger partial charge in [0.15, 0.2) is 5.03 Å². The zero-order chi connectivity index (χ0) is 18.3. The summed E-state index contributed by atoms with van der Waals surface area (Å²) in [7, 11) is -3.75. The fraction of sp³-hybridized carbons (Fsp3) is 0.333. The number of aromatic nitrogens is 3. The molecule has 1 unspecified atom stereocenters. The predicted octanol–water partition coefficient (Wildman–Crippen LogP) is 2.16. The van der Waals surface area contributed by atoms with Gasteiger partial charge in [0.1, 0.15) is 5.65 Å². The number of fused-ring (bicyclic) bond motifs is 1. The molecule has 1 aliphatic rings. The van der Waals surface area contributed by atoms with Crippen molar-refractivity contribution in [1.29, 1.82) is 0 Å². The summed E-state index contributed by atoms with van der Waals surface area (Å²) in [5, 5.41) is 9.97. The van der Waals surface area contributed by atoms with Crippen molar-refractivity contribution in [2.45, 2.75) is 36.8 Å². The van der Waals surface area contributed by atoms with E-state index in [0.29, 0.717) is 5.92 Å². The molecule has 0 aromatic carbocycles. The van der Waals surface area contributed by atoms with Crippen LogP contribution in [0.15, 0.2) is 41.7 Å². The fourth-order valence-corrected chi connectivity index (χ4v) is 4.14. The van der Waals surface area contributed by atoms with E-state index < -0.39 is 16.1 Å². The first-order valence-corrected chi connectivity index (χ1v) is 10.0. The number of rotatable bonds is 6. The van der Waals surface area contributed by atoms with Crippen molar-refractivity contribution >= 4 is 21.1 Å². The molecule has 0 saturated heterocycles. The first-order valence-electron chi connectivity index (χ1n) is 8.55. The number of nitrogens with one attached hydrogen (secondary N) is 2. The third kappa shape index (κ3) is 3.23. The molecule has 8 heteroatoms. The molecule has 3 aromatic heterocycles. The summed E-state index contributed by atoms with van der Waals surface area (Å²) >= 11 is 0. The number of hydrogen-bond acceptors (Lipinski definition) is 5. The Morgan fingerprint density at radius 3 is 2.77 bits per heavy atom. The van der Waals surface area contributed by atoms with Gasteiger partial charge in [-0.05, 0) is 55.5 Å². The Balaban J connectivity index is 1.68. The van der Waals surface area contributed by atoms with Gasteiger partial charge in [-0.2, -0.15) is 0 Å². The maximum Gasteiger partial charge on any atom is 0.258 e. The average Bonchev–Trinajstić information content (AvgIpc) is 3.39. The van der Waals surface area contributed by atoms with Crippen LogP contribution in [0.1, 0.15) is 31.4 Å². The molecular formula is C18H20N4O3S. The Kier molecular flexibility index (Phi) is 4.26. The first kappa shape index (κ1) is 17.1. The van der Waals surface area contributed by atoms with Crippen LogP contribution in [0.5, 0.6) is 0 Å². The average molecular weight is 372 g/mol. The van der Waals surface area contributed by atoms with Crippen LogP contribution >= 0.6 is 0 Å². The molecule has 3 heterocycles. The maximum atomic E-state index is 12.2. The lowest BCUT2D eigenvalue weighted by molar-refractivity contribution is 0.265. The minimum Gasteiger partial charge on any atom is -0.395 e. The number of hydrogen-bond donors (Lipinski definition) is 3. The molecular weight excluding hydrogens is 352 g/mol. The van der Waals surface area contributed by atoms with Crippen LogP contribution in [0.4, 0.5) is 0 Å². The van der Waals surface area contributed by atoms with Crippen LogP contribution in [0.3, 0.4) is 0 Å². The molecule has 0 bridgehead atoms. The summed E-state index contributed by atoms with van der Waals surface area (Å²) in [5.41, 5.74) is 3.83. The van der Waals surface area contributed by atoms with E-state index in [2.05, 4.69) is 25.7 Å². The van der Waals surface area contributed by atoms with E-state index in [1.165, 1.54) is 24.6 Å². The molecule has 1 fully saturated rings. The Hall–Kier alpha value is -2.29. The second-order valence-corrected chi connectivity index (χ2v) is 8.37. The van der Waals surface area contributed by atoms with Gasteiger partial charge >= 0.3 is 0 Å². The number of sulfonamides is 1. The summed E-state index contributed by atoms with van der Waals surface area (Å²) in [6, 6.07) is 6.68. The smallest absolute Gasteiger partial charge is 0.258 e. The van der Waals surface area contributed by atoms with Crippen LogP contribution in [0.2, 0.25) is 0 Å². The normalized spacial score (nSPS) is 16.1. The topological polar surface area (TPSA) is 108 Å². The highest BCUT2D eigenvalue weighted by atomic mass is 32.2. The van der Waals surface area contributed by atoms with Crippen molar-refractivity contribution in [1.82, 2.24) is 19.7 Å². The Bertz CT molecular complexity index is 1040. The third-order valence-corrected chi connectivity index (χ3v) is 6.03. The Morgan fingerprint density at radius 1 is 1.31 bits per heavy atom. The standard InChI is InChI=1S/C18H20N4O3S/c1-11(10-23)22-26(24,25)17-5-4-13(9-20-17)14-6-7-19-18-15(14)8-16(21-18)12-2-3-12/h4-9,11-12,22-23H,2-3,10H2,1H3,(H,19,21). The molecule has 1 aliphatic carbocycles. The van der Waals surface area contributed by atoms with Crippen LogP contribution in [-0.4, -0.2) is 41.1 Å². The molecule has 136 valence electrons. The van der Waals surface area contributed by atoms with Gasteiger partial charge < -0.3 is 10.1 Å². The minimum absolute atomic E-state index is 0.0698. The summed E-state index contributed by atoms with van der Waals surface area (Å²) in [4.78, 5) is 11.9. The van der Waals surface area contributed by atoms with Gasteiger partial charge in [0.05, 0.1) is 6.61 Å². The highest BCUT2D eigenvalue weighted by molar-refractivity contribution is 7.89. The number of aliphatic hydroxyl groups excluding tert-OH is 1. The predicted molar refractivity (Wildman–Crippen MR) is 98.2 cm³/mol. The van der Waals surface area contributed by atoms with E-state index >= 15 is 0 Å². The molecule has 26 heavy (non-hydrogen) atoms. The largest absolute Gasteiger partial charge is 0.395 e. The first-order chi connectivity index (χ1) is 12.5. The molecule has 3 aromatic rings. The highest BCUT2D eigenvalue weighted by Gasteiger charge is 2.26. The monoisotopic (exact) mass is 372 g/mol. The lowest BCUT2D eigenvalue weighted by atomic mass is 10.1. The van der Waals surface area contributed by atoms with E-state index in [9.17, 15) is 8.42 Å². The second kappa shape index (κ2) is 6.46. The summed E-state index contributed by atoms with van der Waals surface area (Å²) in [6.07, 6.45) is 5.70. The van der Waals surface area contributed by atoms with Crippen LogP contribution in [-0.2, 0) is 10.0 Å². The summed E-state index contributed by atoms with van der Waals surface area (Å²) < 4.78 is 26.9. The number of aromatic amines is 1. The molecule has 3 N–H and O–H groups in total. The highest BCUT2D eigenvalue weighted by Crippen LogP contribution is 2.41. The Labute approximate surface area is 151 Å². The van der Waals surface area contributed by atoms with Crippen LogP contribution in [0.25, 0.3) is 22.2 Å². The van der Waals surface area contributed by atoms with Crippen molar-refractivity contribution in [3.05, 3.63) is 42.4 Å². The van der Waals surface area contributed by atoms with Crippen molar-refractivity contribution in [2.24, 2.45) is 0 Å². The van der Waals surface area contributed by atoms with E-state index in [1.54, 1.807) is 25.4 Å². The van der Waals surface area contributed by atoms with E-state index in [0.717, 1.165) is 22.2 Å². The van der Waals surface area contributed by atoms with Gasteiger partial charge in [0, 0.05) is 35.1 Å². The van der Waals surface area contributed by atoms with Crippen LogP contribution in [0, 0.1) is 0 Å². The van der Waals surface area contributed by atoms with Gasteiger partial charge in [-0.3, -0.25) is 0 Å². The number of pyridine rings is 2. The summed E-state index contributed by atoms with van der Waals surface area (Å²) in [6.45, 7) is 1.31. The van der Waals surface area contributed by atoms with Crippen molar-refractivity contribution < 1.29 is 13.5 Å². The van der Waals surface area contributed by atoms with Gasteiger partial charge in [-0.15, -0.1) is 0 Å². The SMILES string of the molecule is CC(CO)NS(=O)(=O)c1ccc(-c2ccnc3[nH]c(C4CC4)cc23)cn1. The van der Waals surface area contributed by atoms with Gasteiger partial charge in [0.2, 0.25) is 0 Å². The van der Waals surface area contributed by atoms with Crippen molar-refractivity contribution in [3.8, 4) is 11.1 Å². The Morgan fingerprint density at radius 2 is 2.12 bits per heavy atom. The quantitative estimate of drug-likeness (QED) is 0.614. The zero-order valence-corrected chi connectivity index (χ0v) is 15.1. The molecule has 0 spiro atoms. The zero-order valence-electron chi connectivity index (χ0n) is 14.3. The number of aliphatic hydroxyl groups is 1. The van der Waals surface area contributed by atoms with E-state index in [-0.39, 0.29) is 11.6 Å². The van der Waals surface area contributed by atoms with Gasteiger partial charge in [0.25, 0.3) is 10.0 Å². The minimum atomic E-state index is -3.75. The lowest BCUT2D eigenvalue weighted by Crippen LogP contribution is -2.35. The number of H-pyrrole nitrogens is 1. The molecule has 1 atom stereocenters. The molecule has 0 aliphatic heterocycles. The van der Waals surface area contributed by atoms with Gasteiger partial charge in [-0.1, -0.05) is 0 Å². The second-order valence-electron chi connectivity index (χ2n) is 6.71. The molecule has 7 nitrogen and oxygen atoms in total. The molecule has 4 rings (SSSR count). The van der Waals surface area contributed by atoms with E-state index in [1.807, 2.05) is 6.07 Å². The molecule has 0 amide bonds. The van der Waals surface area contributed by atoms with E-state index in [4.69, 9.17) is 5.11 Å². The maximum absolute atomic E-state index is 12.2. The molecule has 0 radical (unpaired) electrons. The van der Waals surface area contributed by atoms with Crippen LogP contribution < -0.4 is 4.72 Å².